The summed E-state index contributed by atoms with van der Waals surface area (Å²) in [7, 11) is 5.20. The molecule has 0 aliphatic carbocycles. The molecule has 0 radical (unpaired) electrons. The quantitative estimate of drug-likeness (QED) is 0.0268. The molecule has 9 heterocycles. The highest BCUT2D eigenvalue weighted by molar-refractivity contribution is 7.88. The van der Waals surface area contributed by atoms with Crippen LogP contribution in [0.2, 0.25) is 0 Å². The van der Waals surface area contributed by atoms with E-state index in [2.05, 4.69) is 30.2 Å². The molecule has 4 aromatic heterocycles. The van der Waals surface area contributed by atoms with Crippen molar-refractivity contribution in [3.63, 3.8) is 0 Å². The SMILES string of the molecule is C=C1OCc2c(cc3n(c2=O)Cc2c-3nc3ccccc3c2CCN(C(C)=O)C(C)C)[C@@]1(O)CC.CC[C@@]1(O)C(=O)OCc2c1cc1n(c2=O)Cc2c-1nc1ccccc1c2CCN(C(C)C)S(C)(=O)=O.CC[C@H](C)[C@@H]([C@@H](CC(=O)N1CCC[C@H]1[C@H](OC)[C@@H](C)C(=O)C[C@@H](Cc1ccccc1)C(=O)NCc1ccc(C)cc1)OC)N(C)C(=O)[C@@H](NC(=O)[C@H](C(C)C)N(C)C)C(C)C. The molecular formula is C103H137N11O17S. The zero-order valence-corrected chi connectivity index (χ0v) is 81.7. The molecule has 0 unspecified atom stereocenters. The van der Waals surface area contributed by atoms with Crippen LogP contribution in [0.5, 0.6) is 0 Å². The third-order valence-electron chi connectivity index (χ3n) is 27.6. The Morgan fingerprint density at radius 2 is 1.20 bits per heavy atom. The number of aliphatic hydroxyl groups is 2. The largest absolute Gasteiger partial charge is 0.490 e. The summed E-state index contributed by atoms with van der Waals surface area (Å²) in [6.45, 7) is 34.8. The van der Waals surface area contributed by atoms with Crippen molar-refractivity contribution in [1.29, 1.82) is 0 Å². The molecule has 4 aromatic carbocycles. The number of amides is 5. The first-order chi connectivity index (χ1) is 62.5. The van der Waals surface area contributed by atoms with Gasteiger partial charge < -0.3 is 63.6 Å². The summed E-state index contributed by atoms with van der Waals surface area (Å²) in [5.74, 6) is -2.66. The van der Waals surface area contributed by atoms with E-state index in [1.165, 1.54) is 10.6 Å². The summed E-state index contributed by atoms with van der Waals surface area (Å²) in [4.78, 5) is 139. The number of esters is 1. The number of nitrogens with zero attached hydrogens (tertiary/aromatic N) is 9. The van der Waals surface area contributed by atoms with Crippen LogP contribution >= 0.6 is 0 Å². The topological polar surface area (TPSA) is 341 Å². The van der Waals surface area contributed by atoms with Crippen molar-refractivity contribution in [3.05, 3.63) is 210 Å². The lowest BCUT2D eigenvalue weighted by Gasteiger charge is -2.41. The first-order valence-electron chi connectivity index (χ1n) is 46.5. The fourth-order valence-electron chi connectivity index (χ4n) is 20.0. The number of sulfonamides is 1. The van der Waals surface area contributed by atoms with Crippen LogP contribution in [0.4, 0.5) is 0 Å². The average molecular weight is 1830 g/mol. The molecule has 4 N–H and O–H groups in total. The highest BCUT2D eigenvalue weighted by atomic mass is 32.2. The van der Waals surface area contributed by atoms with E-state index in [9.17, 15) is 61.8 Å². The first-order valence-corrected chi connectivity index (χ1v) is 48.4. The van der Waals surface area contributed by atoms with Gasteiger partial charge in [0.2, 0.25) is 39.6 Å². The molecule has 8 aromatic rings. The molecule has 28 nitrogen and oxygen atoms in total. The third kappa shape index (κ3) is 21.6. The van der Waals surface area contributed by atoms with Crippen LogP contribution in [0, 0.1) is 36.5 Å². The highest BCUT2D eigenvalue weighted by Crippen LogP contribution is 2.45. The lowest BCUT2D eigenvalue weighted by atomic mass is 9.84. The van der Waals surface area contributed by atoms with Gasteiger partial charge in [0.15, 0.2) is 5.60 Å². The number of para-hydroxylation sites is 2. The number of likely N-dealkylation sites (N-methyl/N-ethyl adjacent to an activating group) is 2. The zero-order chi connectivity index (χ0) is 96.6. The monoisotopic (exact) mass is 1830 g/mol. The van der Waals surface area contributed by atoms with Crippen molar-refractivity contribution >= 4 is 73.1 Å². The third-order valence-corrected chi connectivity index (χ3v) is 29.0. The van der Waals surface area contributed by atoms with E-state index in [-0.39, 0.29) is 145 Å². The summed E-state index contributed by atoms with van der Waals surface area (Å²) < 4.78 is 52.5. The Balaban J connectivity index is 0.000000202. The zero-order valence-electron chi connectivity index (χ0n) is 80.9. The minimum Gasteiger partial charge on any atom is -0.490 e. The normalized spacial score (nSPS) is 18.4. The van der Waals surface area contributed by atoms with Crippen molar-refractivity contribution in [3.8, 4) is 22.8 Å². The number of hydrogen-bond donors (Lipinski definition) is 4. The predicted molar refractivity (Wildman–Crippen MR) is 511 cm³/mol. The maximum absolute atomic E-state index is 14.4. The maximum Gasteiger partial charge on any atom is 0.343 e. The number of pyridine rings is 4. The van der Waals surface area contributed by atoms with E-state index >= 15 is 0 Å². The maximum atomic E-state index is 14.4. The van der Waals surface area contributed by atoms with Gasteiger partial charge in [-0.2, -0.15) is 4.31 Å². The van der Waals surface area contributed by atoms with Gasteiger partial charge in [0.1, 0.15) is 36.4 Å². The molecule has 5 aliphatic heterocycles. The fraction of sp³-hybridized carbons (Fsp3) is 0.524. The lowest BCUT2D eigenvalue weighted by molar-refractivity contribution is -0.172. The van der Waals surface area contributed by atoms with Crippen LogP contribution in [0.15, 0.2) is 137 Å². The van der Waals surface area contributed by atoms with Crippen LogP contribution in [-0.2, 0) is 126 Å². The molecule has 1 fully saturated rings. The highest BCUT2D eigenvalue weighted by Gasteiger charge is 2.49. The fourth-order valence-corrected chi connectivity index (χ4v) is 21.2. The number of cyclic esters (lactones) is 1. The smallest absolute Gasteiger partial charge is 0.343 e. The summed E-state index contributed by atoms with van der Waals surface area (Å²) >= 11 is 0. The number of ether oxygens (including phenoxy) is 4. The van der Waals surface area contributed by atoms with E-state index in [4.69, 9.17) is 28.9 Å². The van der Waals surface area contributed by atoms with Gasteiger partial charge in [0.05, 0.1) is 101 Å². The standard InChI is InChI=1S/C49H77N5O7.C28H31N3O4.C26H29N3O6S/c1-14-34(7)45(53(11)49(59)43(31(2)3)51-48(58)44(32(4)5)52(9)10)41(60-12)29-42(56)54-26-18-21-39(54)46(61-13)35(8)40(55)28-38(27-36-19-16-15-17-20-36)47(57)50-30-37-24-22-33(6)23-25-37;1-6-28(34)17(4)35-15-22-23(28)13-25-26-21(14-31(25)27(22)33)19(11-12-30(16(2)3)18(5)32)20-9-7-8-10-24(20)29-26;1-5-26(32)20-12-22-23-18(13-28(22)24(30)19(20)14-35-25(26)31)16(17-8-6-7-9-21(17)27-23)10-11-29(15(2)3)36(4,33)34/h15-17,19-20,22-25,31-32,34-35,38-39,41,43-46H,14,18,21,26-30H2,1-13H3,(H,50,57)(H,51,58);7-10,13,16,34H,4,6,11-12,14-15H2,1-3,5H3;6-9,12,15,32H,5,10-11,13-14H2,1-4H3/t34-,35-,38+,39-,41+,43-,44-,45-,46+;28-;26-/m010/s1. The number of methoxy groups -OCH3 is 2. The number of carbonyl (C=O) groups excluding carboxylic acids is 7. The molecule has 1 saturated heterocycles. The number of Topliss-reactive ketones (excluding diaryl/α,β-unsaturated/α-hetero) is 1. The van der Waals surface area contributed by atoms with Crippen LogP contribution in [0.1, 0.15) is 203 Å². The molecule has 11 atom stereocenters. The van der Waals surface area contributed by atoms with Crippen molar-refractivity contribution in [2.75, 3.05) is 61.3 Å². The Kier molecular flexibility index (Phi) is 33.3. The molecule has 5 amide bonds. The van der Waals surface area contributed by atoms with Crippen LogP contribution < -0.4 is 21.8 Å². The van der Waals surface area contributed by atoms with Gasteiger partial charge in [0, 0.05) is 118 Å². The van der Waals surface area contributed by atoms with Crippen molar-refractivity contribution < 1.29 is 71.1 Å². The van der Waals surface area contributed by atoms with Gasteiger partial charge in [-0.05, 0) is 158 Å². The predicted octanol–water partition coefficient (Wildman–Crippen LogP) is 12.2. The summed E-state index contributed by atoms with van der Waals surface area (Å²) in [6, 6.07) is 34.8. The van der Waals surface area contributed by atoms with E-state index in [0.717, 1.165) is 79.3 Å². The van der Waals surface area contributed by atoms with Crippen LogP contribution in [-0.4, -0.2) is 213 Å². The molecule has 0 bridgehead atoms. The number of aryl methyl sites for hydroxylation is 1. The van der Waals surface area contributed by atoms with Crippen LogP contribution in [0.25, 0.3) is 44.6 Å². The van der Waals surface area contributed by atoms with Gasteiger partial charge in [-0.15, -0.1) is 0 Å². The van der Waals surface area contributed by atoms with Gasteiger partial charge in [-0.25, -0.2) is 23.2 Å². The van der Waals surface area contributed by atoms with Gasteiger partial charge >= 0.3 is 5.97 Å². The Hall–Kier alpha value is -10.7. The number of benzene rings is 4. The summed E-state index contributed by atoms with van der Waals surface area (Å²) in [5, 5.41) is 30.5. The number of rotatable bonds is 35. The molecule has 712 valence electrons. The Labute approximate surface area is 777 Å². The number of fused-ring (bicyclic) bond motifs is 10. The van der Waals surface area contributed by atoms with Gasteiger partial charge in [-0.3, -0.25) is 43.3 Å². The summed E-state index contributed by atoms with van der Waals surface area (Å²) in [6.07, 6.45) is 4.12. The van der Waals surface area contributed by atoms with Crippen molar-refractivity contribution in [2.24, 2.45) is 29.6 Å². The first kappa shape index (κ1) is 102. The second-order valence-corrected chi connectivity index (χ2v) is 39.7. The number of nitrogens with one attached hydrogen (secondary N) is 2. The van der Waals surface area contributed by atoms with Gasteiger partial charge in [0.25, 0.3) is 11.1 Å². The number of aromatic nitrogens is 4. The van der Waals surface area contributed by atoms with E-state index in [0.29, 0.717) is 86.5 Å². The number of ketones is 1. The van der Waals surface area contributed by atoms with Gasteiger partial charge in [-0.1, -0.05) is 172 Å². The van der Waals surface area contributed by atoms with Crippen molar-refractivity contribution in [2.45, 2.75) is 261 Å². The minimum atomic E-state index is -3.41. The molecule has 13 rings (SSSR count). The lowest BCUT2D eigenvalue weighted by Crippen LogP contribution is -2.59. The number of hydrogen-bond acceptors (Lipinski definition) is 20. The second kappa shape index (κ2) is 43.1. The minimum absolute atomic E-state index is 0.0213. The van der Waals surface area contributed by atoms with Crippen molar-refractivity contribution in [1.82, 2.24) is 53.6 Å². The molecule has 29 heteroatoms. The summed E-state index contributed by atoms with van der Waals surface area (Å²) in [5.41, 5.74) is 8.90. The molecule has 132 heavy (non-hydrogen) atoms. The van der Waals surface area contributed by atoms with E-state index < -0.39 is 69.4 Å². The van der Waals surface area contributed by atoms with E-state index in [1.54, 1.807) is 55.2 Å². The number of likely N-dealkylation sites (tertiary alicyclic amines) is 1. The molecule has 0 saturated carbocycles. The second-order valence-electron chi connectivity index (χ2n) is 37.7. The van der Waals surface area contributed by atoms with Crippen LogP contribution in [0.3, 0.4) is 0 Å². The van der Waals surface area contributed by atoms with E-state index in [1.807, 2.05) is 215 Å². The average Bonchev–Trinajstić information content (AvgIpc) is 1.55. The number of carbonyl (C=O) groups is 7. The molecule has 0 spiro atoms. The Morgan fingerprint density at radius 3 is 1.69 bits per heavy atom. The molecular weight excluding hydrogens is 1700 g/mol. The Morgan fingerprint density at radius 1 is 0.659 bits per heavy atom. The molecule has 5 aliphatic rings. The Bertz CT molecular complexity index is 5830.